The molecule has 0 heterocycles. The summed E-state index contributed by atoms with van der Waals surface area (Å²) in [6, 6.07) is 8.45. The molecule has 0 amide bonds. The lowest BCUT2D eigenvalue weighted by Gasteiger charge is -2.28. The van der Waals surface area contributed by atoms with Crippen LogP contribution in [-0.4, -0.2) is 24.4 Å². The maximum Gasteiger partial charge on any atom is 0.0713 e. The highest BCUT2D eigenvalue weighted by Gasteiger charge is 2.32. The number of ether oxygens (including phenoxy) is 1. The molecule has 0 bridgehead atoms. The van der Waals surface area contributed by atoms with Crippen LogP contribution in [0.4, 0.5) is 0 Å². The van der Waals surface area contributed by atoms with Gasteiger partial charge in [-0.3, -0.25) is 0 Å². The average molecular weight is 249 g/mol. The second kappa shape index (κ2) is 6.32. The highest BCUT2D eigenvalue weighted by molar-refractivity contribution is 5.22. The summed E-state index contributed by atoms with van der Waals surface area (Å²) in [5, 5.41) is 13.1. The summed E-state index contributed by atoms with van der Waals surface area (Å²) in [4.78, 5) is 0. The van der Waals surface area contributed by atoms with Crippen LogP contribution in [0.3, 0.4) is 0 Å². The number of hydrogen-bond donors (Lipinski definition) is 2. The van der Waals surface area contributed by atoms with Crippen molar-refractivity contribution in [3.05, 3.63) is 35.4 Å². The summed E-state index contributed by atoms with van der Waals surface area (Å²) >= 11 is 0. The summed E-state index contributed by atoms with van der Waals surface area (Å²) in [5.41, 5.74) is 2.42. The highest BCUT2D eigenvalue weighted by Crippen LogP contribution is 2.29. The van der Waals surface area contributed by atoms with E-state index in [2.05, 4.69) is 29.6 Å². The fourth-order valence-electron chi connectivity index (χ4n) is 2.65. The molecule has 0 aliphatic heterocycles. The van der Waals surface area contributed by atoms with Crippen LogP contribution in [0, 0.1) is 0 Å². The minimum Gasteiger partial charge on any atom is -0.394 e. The Morgan fingerprint density at radius 3 is 2.33 bits per heavy atom. The van der Waals surface area contributed by atoms with E-state index in [1.807, 2.05) is 0 Å². The molecule has 0 saturated heterocycles. The quantitative estimate of drug-likeness (QED) is 0.812. The van der Waals surface area contributed by atoms with Crippen molar-refractivity contribution in [2.75, 3.05) is 13.7 Å². The Morgan fingerprint density at radius 2 is 1.78 bits per heavy atom. The summed E-state index contributed by atoms with van der Waals surface area (Å²) in [5.74, 6) is 0. The van der Waals surface area contributed by atoms with Crippen molar-refractivity contribution in [2.45, 2.75) is 44.4 Å². The first kappa shape index (κ1) is 13.5. The van der Waals surface area contributed by atoms with Gasteiger partial charge < -0.3 is 15.2 Å². The van der Waals surface area contributed by atoms with E-state index in [-0.39, 0.29) is 12.1 Å². The van der Waals surface area contributed by atoms with Gasteiger partial charge in [-0.1, -0.05) is 37.1 Å². The number of aliphatic hydroxyl groups excluding tert-OH is 1. The molecule has 1 saturated carbocycles. The fourth-order valence-corrected chi connectivity index (χ4v) is 2.65. The first-order valence-electron chi connectivity index (χ1n) is 6.71. The molecule has 100 valence electrons. The standard InChI is InChI=1S/C15H23NO2/c1-18-11-14-6-4-13(5-7-14)10-16-15(12-17)8-2-3-9-15/h4-7,16-17H,2-3,8-12H2,1H3. The molecule has 1 aromatic carbocycles. The number of nitrogens with one attached hydrogen (secondary N) is 1. The number of aliphatic hydroxyl groups is 1. The van der Waals surface area contributed by atoms with Crippen molar-refractivity contribution in [1.29, 1.82) is 0 Å². The third-order valence-corrected chi connectivity index (χ3v) is 3.86. The summed E-state index contributed by atoms with van der Waals surface area (Å²) in [6.07, 6.45) is 4.62. The van der Waals surface area contributed by atoms with Gasteiger partial charge >= 0.3 is 0 Å². The molecule has 0 spiro atoms. The predicted molar refractivity (Wildman–Crippen MR) is 72.3 cm³/mol. The van der Waals surface area contributed by atoms with Crippen LogP contribution in [0.5, 0.6) is 0 Å². The normalized spacial score (nSPS) is 18.1. The van der Waals surface area contributed by atoms with Crippen LogP contribution >= 0.6 is 0 Å². The topological polar surface area (TPSA) is 41.5 Å². The Hall–Kier alpha value is -0.900. The van der Waals surface area contributed by atoms with E-state index in [1.165, 1.54) is 24.0 Å². The molecule has 0 aromatic heterocycles. The van der Waals surface area contributed by atoms with Gasteiger partial charge in [0.25, 0.3) is 0 Å². The molecular weight excluding hydrogens is 226 g/mol. The maximum absolute atomic E-state index is 9.53. The Morgan fingerprint density at radius 1 is 1.17 bits per heavy atom. The molecule has 1 aromatic rings. The van der Waals surface area contributed by atoms with E-state index < -0.39 is 0 Å². The van der Waals surface area contributed by atoms with Gasteiger partial charge in [-0.05, 0) is 24.0 Å². The first-order chi connectivity index (χ1) is 8.78. The number of methoxy groups -OCH3 is 1. The molecule has 2 N–H and O–H groups in total. The molecule has 0 unspecified atom stereocenters. The van der Waals surface area contributed by atoms with Gasteiger partial charge in [-0.2, -0.15) is 0 Å². The summed E-state index contributed by atoms with van der Waals surface area (Å²) < 4.78 is 5.09. The van der Waals surface area contributed by atoms with Crippen LogP contribution in [0.2, 0.25) is 0 Å². The lowest BCUT2D eigenvalue weighted by Crippen LogP contribution is -2.45. The predicted octanol–water partition coefficient (Wildman–Crippen LogP) is 2.23. The van der Waals surface area contributed by atoms with E-state index in [0.29, 0.717) is 6.61 Å². The Bertz CT molecular complexity index is 355. The van der Waals surface area contributed by atoms with Gasteiger partial charge in [0.1, 0.15) is 0 Å². The Kier molecular flexibility index (Phi) is 4.75. The molecule has 0 radical (unpaired) electrons. The fraction of sp³-hybridized carbons (Fsp3) is 0.600. The van der Waals surface area contributed by atoms with Gasteiger partial charge in [0.2, 0.25) is 0 Å². The maximum atomic E-state index is 9.53. The molecule has 3 heteroatoms. The molecule has 2 rings (SSSR count). The van der Waals surface area contributed by atoms with Crippen molar-refractivity contribution in [3.8, 4) is 0 Å². The third-order valence-electron chi connectivity index (χ3n) is 3.86. The summed E-state index contributed by atoms with van der Waals surface area (Å²) in [6.45, 7) is 1.73. The van der Waals surface area contributed by atoms with Crippen LogP contribution in [0.25, 0.3) is 0 Å². The van der Waals surface area contributed by atoms with Crippen molar-refractivity contribution < 1.29 is 9.84 Å². The van der Waals surface area contributed by atoms with Gasteiger partial charge in [0.15, 0.2) is 0 Å². The average Bonchev–Trinajstić information content (AvgIpc) is 2.88. The molecule has 1 aliphatic rings. The molecule has 18 heavy (non-hydrogen) atoms. The van der Waals surface area contributed by atoms with Crippen molar-refractivity contribution in [3.63, 3.8) is 0 Å². The first-order valence-corrected chi connectivity index (χ1v) is 6.71. The van der Waals surface area contributed by atoms with Crippen molar-refractivity contribution in [2.24, 2.45) is 0 Å². The monoisotopic (exact) mass is 249 g/mol. The zero-order valence-corrected chi connectivity index (χ0v) is 11.1. The molecular formula is C15H23NO2. The highest BCUT2D eigenvalue weighted by atomic mass is 16.5. The third kappa shape index (κ3) is 3.31. The second-order valence-corrected chi connectivity index (χ2v) is 5.25. The van der Waals surface area contributed by atoms with Gasteiger partial charge in [-0.25, -0.2) is 0 Å². The van der Waals surface area contributed by atoms with E-state index in [9.17, 15) is 5.11 Å². The lowest BCUT2D eigenvalue weighted by molar-refractivity contribution is 0.163. The SMILES string of the molecule is COCc1ccc(CNC2(CO)CCCC2)cc1. The van der Waals surface area contributed by atoms with E-state index in [1.54, 1.807) is 7.11 Å². The zero-order chi connectivity index (χ0) is 12.8. The Labute approximate surface area is 109 Å². The zero-order valence-electron chi connectivity index (χ0n) is 11.1. The van der Waals surface area contributed by atoms with E-state index >= 15 is 0 Å². The van der Waals surface area contributed by atoms with Gasteiger partial charge in [-0.15, -0.1) is 0 Å². The van der Waals surface area contributed by atoms with Gasteiger partial charge in [0, 0.05) is 19.2 Å². The van der Waals surface area contributed by atoms with Crippen LogP contribution in [0.15, 0.2) is 24.3 Å². The van der Waals surface area contributed by atoms with Crippen LogP contribution < -0.4 is 5.32 Å². The van der Waals surface area contributed by atoms with Gasteiger partial charge in [0.05, 0.1) is 13.2 Å². The molecule has 3 nitrogen and oxygen atoms in total. The molecule has 1 aliphatic carbocycles. The van der Waals surface area contributed by atoms with E-state index in [4.69, 9.17) is 4.74 Å². The van der Waals surface area contributed by atoms with Crippen LogP contribution in [-0.2, 0) is 17.9 Å². The van der Waals surface area contributed by atoms with Crippen molar-refractivity contribution >= 4 is 0 Å². The van der Waals surface area contributed by atoms with Crippen molar-refractivity contribution in [1.82, 2.24) is 5.32 Å². The summed E-state index contributed by atoms with van der Waals surface area (Å²) in [7, 11) is 1.71. The van der Waals surface area contributed by atoms with E-state index in [0.717, 1.165) is 19.4 Å². The molecule has 1 fully saturated rings. The molecule has 0 atom stereocenters. The smallest absolute Gasteiger partial charge is 0.0713 e. The minimum atomic E-state index is -0.0365. The number of hydrogen-bond acceptors (Lipinski definition) is 3. The second-order valence-electron chi connectivity index (χ2n) is 5.25. The van der Waals surface area contributed by atoms with Crippen LogP contribution in [0.1, 0.15) is 36.8 Å². The number of rotatable bonds is 6. The lowest BCUT2D eigenvalue weighted by atomic mass is 9.98. The minimum absolute atomic E-state index is 0.0365. The number of benzene rings is 1. The Balaban J connectivity index is 1.89. The largest absolute Gasteiger partial charge is 0.394 e.